The van der Waals surface area contributed by atoms with Crippen LogP contribution < -0.4 is 31.1 Å². The molecule has 0 saturated heterocycles. The van der Waals surface area contributed by atoms with Crippen molar-refractivity contribution in [2.24, 2.45) is 0 Å². The second-order valence-corrected chi connectivity index (χ2v) is 15.5. The SMILES string of the molecule is Cc1ccc(N2c3cc(N(c4ccccc4)c4ccccc4)ccc3B3c4ccccc4C(C)(C)c4cc(N(c5ccccc5)c5ccccc5)cc2c43)cc1. The zero-order valence-electron chi connectivity index (χ0n) is 32.0. The van der Waals surface area contributed by atoms with E-state index in [1.54, 1.807) is 0 Å². The van der Waals surface area contributed by atoms with Gasteiger partial charge in [-0.15, -0.1) is 0 Å². The fourth-order valence-electron chi connectivity index (χ4n) is 9.11. The Morgan fingerprint density at radius 3 is 1.45 bits per heavy atom. The number of para-hydroxylation sites is 4. The van der Waals surface area contributed by atoms with E-state index < -0.39 is 0 Å². The fourth-order valence-corrected chi connectivity index (χ4v) is 9.11. The number of hydrogen-bond donors (Lipinski definition) is 0. The molecular weight excluding hydrogens is 677 g/mol. The van der Waals surface area contributed by atoms with Crippen LogP contribution in [0.1, 0.15) is 30.5 Å². The van der Waals surface area contributed by atoms with Gasteiger partial charge in [0.15, 0.2) is 0 Å². The molecule has 0 aromatic heterocycles. The van der Waals surface area contributed by atoms with Gasteiger partial charge in [0.1, 0.15) is 0 Å². The summed E-state index contributed by atoms with van der Waals surface area (Å²) in [6, 6.07) is 73.2. The van der Waals surface area contributed by atoms with E-state index in [1.165, 1.54) is 44.5 Å². The number of nitrogens with zero attached hydrogens (tertiary/aromatic N) is 3. The summed E-state index contributed by atoms with van der Waals surface area (Å²) in [5.74, 6) is 0. The van der Waals surface area contributed by atoms with Crippen LogP contribution in [0, 0.1) is 6.92 Å². The van der Waals surface area contributed by atoms with Crippen molar-refractivity contribution in [3.05, 3.63) is 217 Å². The van der Waals surface area contributed by atoms with Crippen molar-refractivity contribution < 1.29 is 0 Å². The molecule has 3 nitrogen and oxygen atoms in total. The van der Waals surface area contributed by atoms with Crippen LogP contribution in [-0.2, 0) is 5.41 Å². The van der Waals surface area contributed by atoms with E-state index in [-0.39, 0.29) is 12.1 Å². The Hall–Kier alpha value is -6.78. The molecule has 0 bridgehead atoms. The second-order valence-electron chi connectivity index (χ2n) is 15.5. The fraction of sp³-hybridized carbons (Fsp3) is 0.0769. The zero-order valence-corrected chi connectivity index (χ0v) is 32.0. The number of benzene rings is 8. The number of anilines is 9. The average molecular weight is 720 g/mol. The van der Waals surface area contributed by atoms with Crippen molar-refractivity contribution in [2.45, 2.75) is 26.2 Å². The molecule has 0 amide bonds. The van der Waals surface area contributed by atoms with Crippen molar-refractivity contribution in [2.75, 3.05) is 14.7 Å². The predicted molar refractivity (Wildman–Crippen MR) is 238 cm³/mol. The Morgan fingerprint density at radius 2 is 0.893 bits per heavy atom. The van der Waals surface area contributed by atoms with E-state index in [0.29, 0.717) is 0 Å². The van der Waals surface area contributed by atoms with E-state index in [9.17, 15) is 0 Å². The zero-order chi connectivity index (χ0) is 37.8. The van der Waals surface area contributed by atoms with E-state index >= 15 is 0 Å². The Labute approximate surface area is 330 Å². The predicted octanol–water partition coefficient (Wildman–Crippen LogP) is 11.9. The van der Waals surface area contributed by atoms with Crippen LogP contribution in [0.3, 0.4) is 0 Å². The van der Waals surface area contributed by atoms with Crippen LogP contribution in [0.25, 0.3) is 0 Å². The lowest BCUT2D eigenvalue weighted by molar-refractivity contribution is 0.646. The van der Waals surface area contributed by atoms with Crippen LogP contribution in [-0.4, -0.2) is 6.71 Å². The van der Waals surface area contributed by atoms with Gasteiger partial charge >= 0.3 is 0 Å². The highest BCUT2D eigenvalue weighted by molar-refractivity contribution is 6.99. The van der Waals surface area contributed by atoms with Gasteiger partial charge in [0.2, 0.25) is 6.71 Å². The molecule has 0 unspecified atom stereocenters. The van der Waals surface area contributed by atoms with Crippen LogP contribution in [0.2, 0.25) is 0 Å². The lowest BCUT2D eigenvalue weighted by Gasteiger charge is -2.46. The molecule has 0 aliphatic carbocycles. The smallest absolute Gasteiger partial charge is 0.247 e. The molecule has 2 aliphatic heterocycles. The normalized spacial score (nSPS) is 13.3. The van der Waals surface area contributed by atoms with Gasteiger partial charge in [-0.2, -0.15) is 0 Å². The third-order valence-corrected chi connectivity index (χ3v) is 11.7. The first-order chi connectivity index (χ1) is 27.5. The first-order valence-electron chi connectivity index (χ1n) is 19.6. The Morgan fingerprint density at radius 1 is 0.411 bits per heavy atom. The largest absolute Gasteiger partial charge is 0.311 e. The maximum atomic E-state index is 2.53. The van der Waals surface area contributed by atoms with Gasteiger partial charge in [0, 0.05) is 56.6 Å². The van der Waals surface area contributed by atoms with Crippen molar-refractivity contribution >= 4 is 74.3 Å². The molecule has 56 heavy (non-hydrogen) atoms. The summed E-state index contributed by atoms with van der Waals surface area (Å²) in [5.41, 5.74) is 18.0. The molecule has 268 valence electrons. The van der Waals surface area contributed by atoms with Gasteiger partial charge in [-0.1, -0.05) is 140 Å². The molecule has 2 heterocycles. The van der Waals surface area contributed by atoms with Gasteiger partial charge in [-0.05, 0) is 114 Å². The first kappa shape index (κ1) is 33.8. The van der Waals surface area contributed by atoms with Crippen molar-refractivity contribution in [1.29, 1.82) is 0 Å². The third-order valence-electron chi connectivity index (χ3n) is 11.7. The number of rotatable bonds is 7. The summed E-state index contributed by atoms with van der Waals surface area (Å²) in [5, 5.41) is 0. The lowest BCUT2D eigenvalue weighted by Crippen LogP contribution is -2.64. The highest BCUT2D eigenvalue weighted by Crippen LogP contribution is 2.48. The Kier molecular flexibility index (Phi) is 8.15. The number of hydrogen-bond acceptors (Lipinski definition) is 3. The molecule has 8 aromatic carbocycles. The van der Waals surface area contributed by atoms with E-state index in [1.807, 2.05) is 0 Å². The number of aryl methyl sites for hydroxylation is 1. The topological polar surface area (TPSA) is 9.72 Å². The van der Waals surface area contributed by atoms with Gasteiger partial charge in [0.05, 0.1) is 0 Å². The third kappa shape index (κ3) is 5.52. The molecule has 0 radical (unpaired) electrons. The summed E-state index contributed by atoms with van der Waals surface area (Å²) in [6.45, 7) is 7.04. The summed E-state index contributed by atoms with van der Waals surface area (Å²) < 4.78 is 0. The molecule has 0 atom stereocenters. The molecule has 0 spiro atoms. The van der Waals surface area contributed by atoms with E-state index in [2.05, 4.69) is 236 Å². The summed E-state index contributed by atoms with van der Waals surface area (Å²) in [6.07, 6.45) is 0. The van der Waals surface area contributed by atoms with Crippen molar-refractivity contribution in [3.8, 4) is 0 Å². The van der Waals surface area contributed by atoms with Crippen molar-refractivity contribution in [1.82, 2.24) is 0 Å². The van der Waals surface area contributed by atoms with Crippen LogP contribution in [0.4, 0.5) is 51.2 Å². The standard InChI is InChI=1S/C52H42BN3/c1-37-28-30-42(31-29-37)56-49-35-43(54(38-18-8-4-9-19-38)39-20-10-5-11-21-39)32-33-48(49)53-47-27-17-16-26-45(47)52(2,3)46-34-44(36-50(56)51(46)53)55(40-22-12-6-13-23-40)41-24-14-7-15-25-41/h4-36H,1-3H3. The van der Waals surface area contributed by atoms with Crippen LogP contribution >= 0.6 is 0 Å². The van der Waals surface area contributed by atoms with Crippen LogP contribution in [0.5, 0.6) is 0 Å². The molecule has 0 N–H and O–H groups in total. The van der Waals surface area contributed by atoms with Crippen molar-refractivity contribution in [3.63, 3.8) is 0 Å². The quantitative estimate of drug-likeness (QED) is 0.152. The molecule has 8 aromatic rings. The van der Waals surface area contributed by atoms with Crippen LogP contribution in [0.15, 0.2) is 200 Å². The molecule has 10 rings (SSSR count). The minimum atomic E-state index is -0.250. The average Bonchev–Trinajstić information content (AvgIpc) is 3.24. The lowest BCUT2D eigenvalue weighted by atomic mass is 9.30. The Bertz CT molecular complexity index is 2600. The summed E-state index contributed by atoms with van der Waals surface area (Å²) in [7, 11) is 0. The molecule has 2 aliphatic rings. The van der Waals surface area contributed by atoms with Gasteiger partial charge in [-0.25, -0.2) is 0 Å². The molecule has 0 fully saturated rings. The molecular formula is C52H42BN3. The monoisotopic (exact) mass is 719 g/mol. The van der Waals surface area contributed by atoms with Gasteiger partial charge in [0.25, 0.3) is 0 Å². The highest BCUT2D eigenvalue weighted by Gasteiger charge is 2.46. The minimum absolute atomic E-state index is 0.0628. The maximum absolute atomic E-state index is 2.53. The molecule has 0 saturated carbocycles. The second kappa shape index (κ2) is 13.5. The summed E-state index contributed by atoms with van der Waals surface area (Å²) in [4.78, 5) is 7.31. The maximum Gasteiger partial charge on any atom is 0.247 e. The minimum Gasteiger partial charge on any atom is -0.311 e. The number of fused-ring (bicyclic) bond motifs is 4. The Balaban J connectivity index is 1.29. The summed E-state index contributed by atoms with van der Waals surface area (Å²) >= 11 is 0. The van der Waals surface area contributed by atoms with E-state index in [4.69, 9.17) is 0 Å². The van der Waals surface area contributed by atoms with Gasteiger partial charge < -0.3 is 14.7 Å². The highest BCUT2D eigenvalue weighted by atomic mass is 15.2. The first-order valence-corrected chi connectivity index (χ1v) is 19.6. The van der Waals surface area contributed by atoms with E-state index in [0.717, 1.165) is 39.8 Å². The van der Waals surface area contributed by atoms with Gasteiger partial charge in [-0.3, -0.25) is 0 Å². The molecule has 4 heteroatoms.